The molecule has 5 N–H and O–H groups in total. The minimum Gasteiger partial charge on any atom is -0.387 e. The van der Waals surface area contributed by atoms with E-state index in [1.165, 1.54) is 30.0 Å². The van der Waals surface area contributed by atoms with E-state index in [0.29, 0.717) is 17.5 Å². The Morgan fingerprint density at radius 3 is 2.50 bits per heavy atom. The zero-order valence-corrected chi connectivity index (χ0v) is 20.9. The number of aromatic nitrogens is 3. The zero-order chi connectivity index (χ0) is 25.8. The van der Waals surface area contributed by atoms with Gasteiger partial charge in [0.2, 0.25) is 0 Å². The van der Waals surface area contributed by atoms with E-state index < -0.39 is 52.1 Å². The molecule has 196 valence electrons. The third-order valence-electron chi connectivity index (χ3n) is 7.11. The molecule has 7 atom stereocenters. The molecule has 36 heavy (non-hydrogen) atoms. The lowest BCUT2D eigenvalue weighted by molar-refractivity contribution is -0.0204. The van der Waals surface area contributed by atoms with Crippen molar-refractivity contribution in [3.8, 4) is 6.07 Å². The summed E-state index contributed by atoms with van der Waals surface area (Å²) in [5, 5.41) is 35.0. The lowest BCUT2D eigenvalue weighted by Crippen LogP contribution is -2.33. The fourth-order valence-electron chi connectivity index (χ4n) is 5.48. The summed E-state index contributed by atoms with van der Waals surface area (Å²) in [6.45, 7) is 1.01. The van der Waals surface area contributed by atoms with E-state index in [1.807, 2.05) is 6.07 Å². The van der Waals surface area contributed by atoms with Gasteiger partial charge in [0.05, 0.1) is 24.2 Å². The van der Waals surface area contributed by atoms with Crippen molar-refractivity contribution in [1.82, 2.24) is 14.6 Å². The number of hydrogen-bond donors (Lipinski definition) is 5. The summed E-state index contributed by atoms with van der Waals surface area (Å²) in [6, 6.07) is 3.73. The molecule has 0 radical (unpaired) electrons. The van der Waals surface area contributed by atoms with Gasteiger partial charge in [-0.25, -0.2) is 9.50 Å². The van der Waals surface area contributed by atoms with Crippen LogP contribution in [0.5, 0.6) is 0 Å². The van der Waals surface area contributed by atoms with Crippen molar-refractivity contribution in [2.24, 2.45) is 11.8 Å². The van der Waals surface area contributed by atoms with Crippen LogP contribution in [0.25, 0.3) is 5.65 Å². The Bertz CT molecular complexity index is 1280. The number of nitriles is 1. The average molecular weight is 543 g/mol. The van der Waals surface area contributed by atoms with Crippen LogP contribution in [0, 0.1) is 23.2 Å². The van der Waals surface area contributed by atoms with Gasteiger partial charge in [-0.2, -0.15) is 10.4 Å². The summed E-state index contributed by atoms with van der Waals surface area (Å²) >= 11 is 0. The predicted octanol–water partition coefficient (Wildman–Crippen LogP) is 0.336. The maximum Gasteiger partial charge on any atom is 0.340 e. The van der Waals surface area contributed by atoms with Crippen LogP contribution in [0.4, 0.5) is 5.69 Å². The third kappa shape index (κ3) is 4.96. The van der Waals surface area contributed by atoms with Gasteiger partial charge >= 0.3 is 15.2 Å². The van der Waals surface area contributed by atoms with E-state index in [-0.39, 0.29) is 11.4 Å². The minimum atomic E-state index is -4.82. The number of nitrogens with zero attached hydrogens (tertiary/aromatic N) is 5. The molecular weight excluding hydrogens is 516 g/mol. The van der Waals surface area contributed by atoms with Crippen LogP contribution >= 0.6 is 15.2 Å². The van der Waals surface area contributed by atoms with Crippen molar-refractivity contribution in [3.05, 3.63) is 23.7 Å². The van der Waals surface area contributed by atoms with Gasteiger partial charge in [0.25, 0.3) is 0 Å². The molecule has 2 aliphatic heterocycles. The highest BCUT2D eigenvalue weighted by molar-refractivity contribution is 7.70. The lowest BCUT2D eigenvalue weighted by atomic mass is 10.0. The van der Waals surface area contributed by atoms with Gasteiger partial charge < -0.3 is 39.1 Å². The number of rotatable bonds is 7. The summed E-state index contributed by atoms with van der Waals surface area (Å²) in [5.74, 6) is -0.187. The molecule has 1 aliphatic carbocycles. The largest absolute Gasteiger partial charge is 0.387 e. The molecule has 2 saturated heterocycles. The highest BCUT2D eigenvalue weighted by Crippen LogP contribution is 2.55. The predicted molar refractivity (Wildman–Crippen MR) is 123 cm³/mol. The zero-order valence-electron chi connectivity index (χ0n) is 19.1. The van der Waals surface area contributed by atoms with Crippen molar-refractivity contribution in [3.63, 3.8) is 0 Å². The SMILES string of the molecule is N#Cc1cc(N2CC3CCCC3C2)c2ncc([C@@H]3O[C@H](COP(=O)(O)CP(=O)(O)O)[C@@H](O)[C@H]3O)n2n1. The second kappa shape index (κ2) is 9.44. The monoisotopic (exact) mass is 543 g/mol. The van der Waals surface area contributed by atoms with E-state index in [9.17, 15) is 29.5 Å². The van der Waals surface area contributed by atoms with Crippen LogP contribution in [0.2, 0.25) is 0 Å². The van der Waals surface area contributed by atoms with E-state index in [0.717, 1.165) is 18.8 Å². The van der Waals surface area contributed by atoms with Crippen LogP contribution in [0.3, 0.4) is 0 Å². The number of anilines is 1. The summed E-state index contributed by atoms with van der Waals surface area (Å²) in [6.07, 6.45) is -0.454. The maximum atomic E-state index is 11.9. The Kier molecular flexibility index (Phi) is 6.74. The van der Waals surface area contributed by atoms with Crippen LogP contribution in [0.1, 0.15) is 36.8 Å². The summed E-state index contributed by atoms with van der Waals surface area (Å²) in [7, 11) is -9.50. The number of aliphatic hydroxyl groups is 2. The van der Waals surface area contributed by atoms with Crippen molar-refractivity contribution in [2.45, 2.75) is 43.7 Å². The Morgan fingerprint density at radius 2 is 1.86 bits per heavy atom. The summed E-state index contributed by atoms with van der Waals surface area (Å²) in [4.78, 5) is 34.2. The molecule has 2 aromatic rings. The summed E-state index contributed by atoms with van der Waals surface area (Å²) in [5.41, 5.74) is 1.61. The fourth-order valence-corrected chi connectivity index (χ4v) is 8.05. The molecule has 14 nitrogen and oxygen atoms in total. The number of fused-ring (bicyclic) bond motifs is 2. The first-order valence-electron chi connectivity index (χ1n) is 11.5. The van der Waals surface area contributed by atoms with Crippen molar-refractivity contribution in [2.75, 3.05) is 30.5 Å². The first kappa shape index (κ1) is 25.7. The van der Waals surface area contributed by atoms with E-state index >= 15 is 0 Å². The molecule has 3 fully saturated rings. The molecule has 1 saturated carbocycles. The molecular formula is C20H27N5O9P2. The molecule has 2 aromatic heterocycles. The Hall–Kier alpha value is -1.91. The highest BCUT2D eigenvalue weighted by Gasteiger charge is 2.46. The Labute approximate surface area is 205 Å². The number of hydrogen-bond acceptors (Lipinski definition) is 10. The normalized spacial score (nSPS) is 32.1. The second-order valence-electron chi connectivity index (χ2n) is 9.62. The Morgan fingerprint density at radius 1 is 1.17 bits per heavy atom. The lowest BCUT2D eigenvalue weighted by Gasteiger charge is -2.21. The van der Waals surface area contributed by atoms with Gasteiger partial charge in [0.15, 0.2) is 17.2 Å². The fraction of sp³-hybridized carbons (Fsp3) is 0.650. The Balaban J connectivity index is 1.39. The van der Waals surface area contributed by atoms with Gasteiger partial charge in [0, 0.05) is 19.2 Å². The maximum absolute atomic E-state index is 11.9. The molecule has 3 aliphatic rings. The smallest absolute Gasteiger partial charge is 0.340 e. The molecule has 16 heteroatoms. The molecule has 0 spiro atoms. The topological polar surface area (TPSA) is 211 Å². The number of ether oxygens (including phenoxy) is 1. The van der Waals surface area contributed by atoms with Crippen LogP contribution in [-0.2, 0) is 18.4 Å². The number of aliphatic hydroxyl groups excluding tert-OH is 2. The molecule has 0 bridgehead atoms. The van der Waals surface area contributed by atoms with Gasteiger partial charge in [0.1, 0.15) is 30.5 Å². The van der Waals surface area contributed by atoms with E-state index in [4.69, 9.17) is 19.0 Å². The molecule has 0 aromatic carbocycles. The first-order chi connectivity index (χ1) is 17.0. The van der Waals surface area contributed by atoms with Crippen molar-refractivity contribution >= 4 is 26.5 Å². The number of imidazole rings is 1. The van der Waals surface area contributed by atoms with Crippen LogP contribution < -0.4 is 4.90 Å². The van der Waals surface area contributed by atoms with Crippen molar-refractivity contribution in [1.29, 1.82) is 5.26 Å². The van der Waals surface area contributed by atoms with Crippen LogP contribution in [-0.4, -0.2) is 83.4 Å². The highest BCUT2D eigenvalue weighted by atomic mass is 31.2. The van der Waals surface area contributed by atoms with Gasteiger partial charge in [-0.3, -0.25) is 9.13 Å². The van der Waals surface area contributed by atoms with E-state index in [2.05, 4.69) is 15.0 Å². The summed E-state index contributed by atoms with van der Waals surface area (Å²) < 4.78 is 34.9. The van der Waals surface area contributed by atoms with Gasteiger partial charge in [-0.1, -0.05) is 6.42 Å². The molecule has 4 heterocycles. The van der Waals surface area contributed by atoms with Crippen molar-refractivity contribution < 1.29 is 43.3 Å². The van der Waals surface area contributed by atoms with Gasteiger partial charge in [-0.05, 0) is 24.7 Å². The third-order valence-corrected chi connectivity index (χ3v) is 10.6. The standard InChI is InChI=1S/C20H27N5O9P2/c21-5-13-4-14(24-7-11-2-1-3-12(11)8-24)20-22-6-15(25(20)23-13)19-18(27)17(26)16(34-19)9-33-36(31,32)10-35(28,29)30/h4,6,11-12,16-19,26-27H,1-3,7-10H2,(H,31,32)(H2,28,29,30)/t11?,12?,16-,17-,18-,19+/m1/s1. The molecule has 0 amide bonds. The second-order valence-corrected chi connectivity index (χ2v) is 13.6. The van der Waals surface area contributed by atoms with Gasteiger partial charge in [-0.15, -0.1) is 0 Å². The average Bonchev–Trinajstić information content (AvgIpc) is 3.54. The molecule has 5 rings (SSSR count). The van der Waals surface area contributed by atoms with E-state index in [1.54, 1.807) is 6.07 Å². The van der Waals surface area contributed by atoms with Crippen LogP contribution in [0.15, 0.2) is 12.3 Å². The molecule has 3 unspecified atom stereocenters. The first-order valence-corrected chi connectivity index (χ1v) is 15.1. The quantitative estimate of drug-likeness (QED) is 0.299. The minimum absolute atomic E-state index is 0.139.